The molecule has 0 unspecified atom stereocenters. The van der Waals surface area contributed by atoms with E-state index in [1.54, 1.807) is 18.3 Å². The van der Waals surface area contributed by atoms with E-state index < -0.39 is 0 Å². The Morgan fingerprint density at radius 2 is 1.07 bits per heavy atom. The van der Waals surface area contributed by atoms with Crippen LogP contribution in [0.4, 0.5) is 5.69 Å². The number of ketones is 2. The van der Waals surface area contributed by atoms with Crippen molar-refractivity contribution in [3.63, 3.8) is 0 Å². The predicted octanol–water partition coefficient (Wildman–Crippen LogP) is 7.79. The van der Waals surface area contributed by atoms with Gasteiger partial charge in [-0.05, 0) is 60.5 Å². The number of allylic oxidation sites excluding steroid dienone is 4. The lowest BCUT2D eigenvalue weighted by Gasteiger charge is -2.03. The first kappa shape index (κ1) is 27.1. The lowest BCUT2D eigenvalue weighted by Crippen LogP contribution is -2.29. The first-order chi connectivity index (χ1) is 20.1. The molecule has 1 heterocycles. The van der Waals surface area contributed by atoms with Gasteiger partial charge in [0.15, 0.2) is 24.0 Å². The van der Waals surface area contributed by atoms with Crippen molar-refractivity contribution >= 4 is 29.0 Å². The van der Waals surface area contributed by atoms with Gasteiger partial charge in [-0.1, -0.05) is 72.8 Å². The minimum absolute atomic E-state index is 0.00525. The van der Waals surface area contributed by atoms with Gasteiger partial charge in [-0.25, -0.2) is 0 Å². The Bertz CT molecular complexity index is 1720. The van der Waals surface area contributed by atoms with Gasteiger partial charge in [0.05, 0.1) is 5.69 Å². The number of pyridine rings is 1. The van der Waals surface area contributed by atoms with Crippen molar-refractivity contribution in [2.75, 3.05) is 0 Å². The quantitative estimate of drug-likeness (QED) is 0.0840. The number of aromatic nitrogens is 1. The van der Waals surface area contributed by atoms with Crippen LogP contribution in [0.5, 0.6) is 0 Å². The Labute approximate surface area is 240 Å². The zero-order valence-electron chi connectivity index (χ0n) is 22.7. The van der Waals surface area contributed by atoms with Crippen LogP contribution >= 0.6 is 0 Å². The first-order valence-corrected chi connectivity index (χ1v) is 13.4. The monoisotopic (exact) mass is 533 g/mol. The second-order valence-corrected chi connectivity index (χ2v) is 9.38. The highest BCUT2D eigenvalue weighted by molar-refractivity contribution is 6.09. The summed E-state index contributed by atoms with van der Waals surface area (Å²) in [5, 5.41) is 0. The van der Waals surface area contributed by atoms with Gasteiger partial charge >= 0.3 is 0 Å². The molecule has 0 radical (unpaired) electrons. The molecule has 4 nitrogen and oxygen atoms in total. The normalized spacial score (nSPS) is 11.7. The molecule has 4 aromatic carbocycles. The average Bonchev–Trinajstić information content (AvgIpc) is 3.05. The van der Waals surface area contributed by atoms with Crippen LogP contribution in [-0.4, -0.2) is 17.8 Å². The summed E-state index contributed by atoms with van der Waals surface area (Å²) in [6.07, 6.45) is 11.8. The van der Waals surface area contributed by atoms with E-state index in [1.165, 1.54) is 0 Å². The molecule has 0 fully saturated rings. The molecular formula is C37H29N2O2+. The van der Waals surface area contributed by atoms with E-state index in [1.807, 2.05) is 151 Å². The molecule has 1 aromatic heterocycles. The summed E-state index contributed by atoms with van der Waals surface area (Å²) in [4.78, 5) is 29.9. The van der Waals surface area contributed by atoms with E-state index in [0.717, 1.165) is 22.5 Å². The molecule has 5 rings (SSSR count). The predicted molar refractivity (Wildman–Crippen MR) is 165 cm³/mol. The van der Waals surface area contributed by atoms with Crippen LogP contribution in [0, 0.1) is 0 Å². The molecule has 0 spiro atoms. The fraction of sp³-hybridized carbons (Fsp3) is 0.0270. The van der Waals surface area contributed by atoms with Crippen LogP contribution in [0.25, 0.3) is 11.3 Å². The van der Waals surface area contributed by atoms with E-state index in [9.17, 15) is 9.59 Å². The summed E-state index contributed by atoms with van der Waals surface area (Å²) < 4.78 is 2.01. The molecule has 0 bridgehead atoms. The number of hydrogen-bond acceptors (Lipinski definition) is 3. The van der Waals surface area contributed by atoms with Crippen LogP contribution in [0.15, 0.2) is 157 Å². The highest BCUT2D eigenvalue weighted by atomic mass is 16.1. The number of aliphatic imine (C=N–C) groups is 1. The number of carbonyl (C=O) groups is 2. The van der Waals surface area contributed by atoms with Gasteiger partial charge in [0.2, 0.25) is 5.69 Å². The lowest BCUT2D eigenvalue weighted by atomic mass is 10.0. The Kier molecular flexibility index (Phi) is 8.63. The van der Waals surface area contributed by atoms with Crippen LogP contribution in [0.3, 0.4) is 0 Å². The third kappa shape index (κ3) is 6.75. The topological polar surface area (TPSA) is 50.4 Å². The number of nitrogens with zero attached hydrogens (tertiary/aromatic N) is 2. The van der Waals surface area contributed by atoms with Gasteiger partial charge in [0, 0.05) is 52.7 Å². The van der Waals surface area contributed by atoms with Crippen molar-refractivity contribution in [3.8, 4) is 5.69 Å². The molecule has 198 valence electrons. The highest BCUT2D eigenvalue weighted by Crippen LogP contribution is 2.18. The maximum absolute atomic E-state index is 12.7. The summed E-state index contributed by atoms with van der Waals surface area (Å²) in [7, 11) is 0. The van der Waals surface area contributed by atoms with E-state index in [2.05, 4.69) is 4.99 Å². The molecule has 0 aliphatic rings. The molecule has 5 aromatic rings. The Hall–Kier alpha value is -5.48. The van der Waals surface area contributed by atoms with E-state index in [4.69, 9.17) is 0 Å². The van der Waals surface area contributed by atoms with Crippen LogP contribution in [0.1, 0.15) is 44.3 Å². The third-order valence-electron chi connectivity index (χ3n) is 6.62. The number of benzene rings is 4. The maximum Gasteiger partial charge on any atom is 0.210 e. The average molecular weight is 534 g/mol. The Morgan fingerprint density at radius 1 is 0.585 bits per heavy atom. The van der Waals surface area contributed by atoms with Crippen molar-refractivity contribution in [2.24, 2.45) is 4.99 Å². The van der Waals surface area contributed by atoms with Crippen LogP contribution < -0.4 is 4.57 Å². The van der Waals surface area contributed by atoms with E-state index in [-0.39, 0.29) is 11.6 Å². The Morgan fingerprint density at radius 3 is 1.59 bits per heavy atom. The first-order valence-electron chi connectivity index (χ1n) is 13.4. The summed E-state index contributed by atoms with van der Waals surface area (Å²) >= 11 is 0. The molecule has 0 saturated heterocycles. The van der Waals surface area contributed by atoms with Crippen LogP contribution in [0.2, 0.25) is 0 Å². The molecule has 0 saturated carbocycles. The molecule has 0 amide bonds. The van der Waals surface area contributed by atoms with Gasteiger partial charge in [0.25, 0.3) is 0 Å². The SMILES string of the molecule is C\C=C/C(=C\C=N\c1ccc(C(=O)c2ccccc2)cc1)c1cc[n+](-c2ccc(C(=O)c3ccccc3)cc2)cc1. The molecule has 0 aliphatic heterocycles. The highest BCUT2D eigenvalue weighted by Gasteiger charge is 2.12. The van der Waals surface area contributed by atoms with Crippen molar-refractivity contribution in [1.82, 2.24) is 0 Å². The fourth-order valence-corrected chi connectivity index (χ4v) is 4.42. The number of carbonyl (C=O) groups excluding carboxylic acids is 2. The molecule has 0 aliphatic carbocycles. The largest absolute Gasteiger partial charge is 0.289 e. The lowest BCUT2D eigenvalue weighted by molar-refractivity contribution is -0.595. The summed E-state index contributed by atoms with van der Waals surface area (Å²) in [6, 6.07) is 37.6. The van der Waals surface area contributed by atoms with Crippen molar-refractivity contribution in [1.29, 1.82) is 0 Å². The third-order valence-corrected chi connectivity index (χ3v) is 6.62. The van der Waals surface area contributed by atoms with Gasteiger partial charge in [0.1, 0.15) is 0 Å². The Balaban J connectivity index is 1.27. The summed E-state index contributed by atoms with van der Waals surface area (Å²) in [6.45, 7) is 1.98. The van der Waals surface area contributed by atoms with Crippen molar-refractivity contribution in [2.45, 2.75) is 6.92 Å². The molecule has 4 heteroatoms. The second kappa shape index (κ2) is 13.0. The van der Waals surface area contributed by atoms with Gasteiger partial charge in [-0.15, -0.1) is 0 Å². The van der Waals surface area contributed by atoms with Gasteiger partial charge in [-0.2, -0.15) is 4.57 Å². The summed E-state index contributed by atoms with van der Waals surface area (Å²) in [5.74, 6) is 0.00578. The zero-order chi connectivity index (χ0) is 28.4. The van der Waals surface area contributed by atoms with Crippen molar-refractivity contribution in [3.05, 3.63) is 180 Å². The van der Waals surface area contributed by atoms with E-state index in [0.29, 0.717) is 22.3 Å². The molecule has 0 N–H and O–H groups in total. The number of hydrogen-bond donors (Lipinski definition) is 0. The number of rotatable bonds is 9. The molecule has 0 atom stereocenters. The van der Waals surface area contributed by atoms with E-state index >= 15 is 0 Å². The summed E-state index contributed by atoms with van der Waals surface area (Å²) in [5.41, 5.74) is 6.44. The minimum Gasteiger partial charge on any atom is -0.289 e. The smallest absolute Gasteiger partial charge is 0.210 e. The second-order valence-electron chi connectivity index (χ2n) is 9.38. The minimum atomic E-state index is -0.00525. The zero-order valence-corrected chi connectivity index (χ0v) is 22.7. The maximum atomic E-state index is 12.7. The standard InChI is InChI=1S/C37H29N2O2/c1-2-9-28(22-25-38-34-18-14-32(15-19-34)36(40)30-10-5-3-6-11-30)29-23-26-39(27-24-29)35-20-16-33(17-21-35)37(41)31-12-7-4-8-13-31/h2-27H,1H3/q+1/b9-2-,28-22+,38-25+. The molecular weight excluding hydrogens is 504 g/mol. The molecule has 41 heavy (non-hydrogen) atoms. The van der Waals surface area contributed by atoms with Gasteiger partial charge < -0.3 is 0 Å². The van der Waals surface area contributed by atoms with Crippen molar-refractivity contribution < 1.29 is 14.2 Å². The van der Waals surface area contributed by atoms with Gasteiger partial charge in [-0.3, -0.25) is 14.6 Å². The van der Waals surface area contributed by atoms with Crippen LogP contribution in [-0.2, 0) is 0 Å². The fourth-order valence-electron chi connectivity index (χ4n) is 4.42.